The average molecular weight is 380 g/mol. The molecule has 142 valence electrons. The summed E-state index contributed by atoms with van der Waals surface area (Å²) in [5.41, 5.74) is 9.51. The van der Waals surface area contributed by atoms with Crippen molar-refractivity contribution in [3.63, 3.8) is 0 Å². The number of nitrogens with two attached hydrogens (primary N) is 1. The Labute approximate surface area is 169 Å². The fraction of sp³-hybridized carbons (Fsp3) is 0.0400. The number of para-hydroxylation sites is 1. The number of carbonyl (C=O) groups excluding carboxylic acids is 1. The molecule has 4 heteroatoms. The van der Waals surface area contributed by atoms with Crippen LogP contribution in [0.25, 0.3) is 22.6 Å². The number of nitrogens with zero attached hydrogens (tertiary/aromatic N) is 1. The third kappa shape index (κ3) is 4.50. The molecular formula is C25H20N2O2. The van der Waals surface area contributed by atoms with Crippen LogP contribution in [0.4, 0.5) is 0 Å². The molecule has 2 N–H and O–H groups in total. The monoisotopic (exact) mass is 380 g/mol. The van der Waals surface area contributed by atoms with Crippen molar-refractivity contribution in [2.24, 2.45) is 5.73 Å². The lowest BCUT2D eigenvalue weighted by atomic mass is 10.0. The van der Waals surface area contributed by atoms with Crippen molar-refractivity contribution >= 4 is 28.5 Å². The number of aromatic nitrogens is 1. The summed E-state index contributed by atoms with van der Waals surface area (Å²) in [6, 6.07) is 28.9. The van der Waals surface area contributed by atoms with E-state index in [0.29, 0.717) is 17.9 Å². The second kappa shape index (κ2) is 8.40. The minimum absolute atomic E-state index is 0.368. The van der Waals surface area contributed by atoms with E-state index in [1.807, 2.05) is 91.0 Å². The number of amides is 1. The maximum Gasteiger partial charge on any atom is 0.249 e. The molecule has 4 rings (SSSR count). The number of ether oxygens (including phenoxy) is 1. The Balaban J connectivity index is 1.49. The van der Waals surface area contributed by atoms with Gasteiger partial charge in [0, 0.05) is 11.0 Å². The Kier molecular flexibility index (Phi) is 5.34. The summed E-state index contributed by atoms with van der Waals surface area (Å²) < 4.78 is 5.86. The molecule has 4 nitrogen and oxygen atoms in total. The molecule has 0 radical (unpaired) electrons. The predicted molar refractivity (Wildman–Crippen MR) is 116 cm³/mol. The molecule has 0 saturated heterocycles. The van der Waals surface area contributed by atoms with E-state index in [0.717, 1.165) is 27.7 Å². The van der Waals surface area contributed by atoms with Gasteiger partial charge in [0.1, 0.15) is 12.4 Å². The maximum absolute atomic E-state index is 11.9. The van der Waals surface area contributed by atoms with Crippen molar-refractivity contribution in [1.82, 2.24) is 4.98 Å². The molecule has 0 bridgehead atoms. The van der Waals surface area contributed by atoms with E-state index in [-0.39, 0.29) is 0 Å². The minimum Gasteiger partial charge on any atom is -0.487 e. The van der Waals surface area contributed by atoms with Gasteiger partial charge in [0.25, 0.3) is 0 Å². The van der Waals surface area contributed by atoms with Gasteiger partial charge in [0.05, 0.1) is 11.2 Å². The summed E-state index contributed by atoms with van der Waals surface area (Å²) in [5, 5.41) is 1.10. The molecule has 0 aliphatic carbocycles. The number of carbonyl (C=O) groups is 1. The Morgan fingerprint density at radius 2 is 1.59 bits per heavy atom. The van der Waals surface area contributed by atoms with Crippen LogP contribution in [0, 0.1) is 0 Å². The topological polar surface area (TPSA) is 65.2 Å². The number of hydrogen-bond donors (Lipinski definition) is 1. The molecule has 1 amide bonds. The molecule has 1 heterocycles. The summed E-state index contributed by atoms with van der Waals surface area (Å²) in [7, 11) is 0. The zero-order valence-corrected chi connectivity index (χ0v) is 15.8. The number of hydrogen-bond acceptors (Lipinski definition) is 3. The fourth-order valence-electron chi connectivity index (χ4n) is 3.09. The number of benzene rings is 3. The summed E-state index contributed by atoms with van der Waals surface area (Å²) in [4.78, 5) is 16.5. The van der Waals surface area contributed by atoms with Crippen LogP contribution in [0.15, 0.2) is 91.0 Å². The van der Waals surface area contributed by atoms with Crippen LogP contribution < -0.4 is 10.5 Å². The lowest BCUT2D eigenvalue weighted by Crippen LogP contribution is -2.12. The first kappa shape index (κ1) is 18.4. The molecule has 0 saturated carbocycles. The lowest BCUT2D eigenvalue weighted by molar-refractivity contribution is -0.112. The van der Waals surface area contributed by atoms with Gasteiger partial charge in [0.15, 0.2) is 0 Å². The van der Waals surface area contributed by atoms with Crippen LogP contribution in [0.3, 0.4) is 0 Å². The van der Waals surface area contributed by atoms with Crippen molar-refractivity contribution in [2.75, 3.05) is 0 Å². The summed E-state index contributed by atoms with van der Waals surface area (Å²) in [6.07, 6.45) is 1.79. The number of pyridine rings is 1. The second-order valence-electron chi connectivity index (χ2n) is 6.64. The Morgan fingerprint density at radius 3 is 2.34 bits per heavy atom. The SMILES string of the molecule is NC(=O)C(=Cc1ccccc1)c1ccc(OCc2ccc3ccccc3n2)cc1. The van der Waals surface area contributed by atoms with Gasteiger partial charge in [-0.3, -0.25) is 4.79 Å². The standard InChI is InChI=1S/C25H20N2O2/c26-25(28)23(16-18-6-2-1-3-7-18)19-11-14-22(15-12-19)29-17-21-13-10-20-8-4-5-9-24(20)27-21/h1-16H,17H2,(H2,26,28). The molecule has 0 aliphatic rings. The molecule has 4 aromatic rings. The van der Waals surface area contributed by atoms with Gasteiger partial charge >= 0.3 is 0 Å². The van der Waals surface area contributed by atoms with E-state index >= 15 is 0 Å². The van der Waals surface area contributed by atoms with Gasteiger partial charge in [-0.15, -0.1) is 0 Å². The molecule has 0 fully saturated rings. The second-order valence-corrected chi connectivity index (χ2v) is 6.64. The van der Waals surface area contributed by atoms with Crippen molar-refractivity contribution in [2.45, 2.75) is 6.61 Å². The molecular weight excluding hydrogens is 360 g/mol. The van der Waals surface area contributed by atoms with Gasteiger partial charge in [0.2, 0.25) is 5.91 Å². The zero-order valence-electron chi connectivity index (χ0n) is 15.8. The van der Waals surface area contributed by atoms with E-state index in [1.165, 1.54) is 0 Å². The number of primary amides is 1. The largest absolute Gasteiger partial charge is 0.487 e. The Morgan fingerprint density at radius 1 is 0.862 bits per heavy atom. The Bertz CT molecular complexity index is 1170. The van der Waals surface area contributed by atoms with Crippen LogP contribution >= 0.6 is 0 Å². The van der Waals surface area contributed by atoms with Crippen LogP contribution in [-0.2, 0) is 11.4 Å². The van der Waals surface area contributed by atoms with Crippen LogP contribution in [-0.4, -0.2) is 10.9 Å². The van der Waals surface area contributed by atoms with Crippen molar-refractivity contribution in [1.29, 1.82) is 0 Å². The fourth-order valence-corrected chi connectivity index (χ4v) is 3.09. The highest BCUT2D eigenvalue weighted by molar-refractivity contribution is 6.23. The summed E-state index contributed by atoms with van der Waals surface area (Å²) in [6.45, 7) is 0.368. The van der Waals surface area contributed by atoms with Crippen LogP contribution in [0.1, 0.15) is 16.8 Å². The predicted octanol–water partition coefficient (Wildman–Crippen LogP) is 4.84. The number of rotatable bonds is 6. The summed E-state index contributed by atoms with van der Waals surface area (Å²) >= 11 is 0. The van der Waals surface area contributed by atoms with Gasteiger partial charge in [-0.2, -0.15) is 0 Å². The average Bonchev–Trinajstić information content (AvgIpc) is 2.77. The van der Waals surface area contributed by atoms with E-state index in [1.54, 1.807) is 6.08 Å². The quantitative estimate of drug-likeness (QED) is 0.384. The van der Waals surface area contributed by atoms with Crippen molar-refractivity contribution < 1.29 is 9.53 Å². The first-order chi connectivity index (χ1) is 14.2. The normalized spacial score (nSPS) is 11.4. The maximum atomic E-state index is 11.9. The molecule has 0 spiro atoms. The van der Waals surface area contributed by atoms with E-state index in [9.17, 15) is 4.79 Å². The van der Waals surface area contributed by atoms with Crippen molar-refractivity contribution in [3.05, 3.63) is 108 Å². The van der Waals surface area contributed by atoms with Crippen LogP contribution in [0.5, 0.6) is 5.75 Å². The summed E-state index contributed by atoms with van der Waals surface area (Å²) in [5.74, 6) is 0.232. The molecule has 0 aliphatic heterocycles. The molecule has 0 atom stereocenters. The third-order valence-electron chi connectivity index (χ3n) is 4.58. The highest BCUT2D eigenvalue weighted by Gasteiger charge is 2.09. The van der Waals surface area contributed by atoms with Gasteiger partial charge < -0.3 is 10.5 Å². The highest BCUT2D eigenvalue weighted by atomic mass is 16.5. The van der Waals surface area contributed by atoms with Crippen molar-refractivity contribution in [3.8, 4) is 5.75 Å². The van der Waals surface area contributed by atoms with E-state index in [2.05, 4.69) is 4.98 Å². The van der Waals surface area contributed by atoms with E-state index in [4.69, 9.17) is 10.5 Å². The first-order valence-corrected chi connectivity index (χ1v) is 9.33. The van der Waals surface area contributed by atoms with Gasteiger partial charge in [-0.1, -0.05) is 66.7 Å². The Hall–Kier alpha value is -3.92. The molecule has 3 aromatic carbocycles. The first-order valence-electron chi connectivity index (χ1n) is 9.33. The third-order valence-corrected chi connectivity index (χ3v) is 4.58. The van der Waals surface area contributed by atoms with Gasteiger partial charge in [-0.25, -0.2) is 4.98 Å². The molecule has 29 heavy (non-hydrogen) atoms. The highest BCUT2D eigenvalue weighted by Crippen LogP contribution is 2.22. The van der Waals surface area contributed by atoms with E-state index < -0.39 is 5.91 Å². The van der Waals surface area contributed by atoms with Crippen LogP contribution in [0.2, 0.25) is 0 Å². The van der Waals surface area contributed by atoms with Gasteiger partial charge in [-0.05, 0) is 41.5 Å². The lowest BCUT2D eigenvalue weighted by Gasteiger charge is -2.09. The molecule has 1 aromatic heterocycles. The molecule has 0 unspecified atom stereocenters. The minimum atomic E-state index is -0.470. The smallest absolute Gasteiger partial charge is 0.249 e. The number of fused-ring (bicyclic) bond motifs is 1. The zero-order chi connectivity index (χ0) is 20.1.